The lowest BCUT2D eigenvalue weighted by molar-refractivity contribution is -0.134. The lowest BCUT2D eigenvalue weighted by Crippen LogP contribution is -2.30. The van der Waals surface area contributed by atoms with Crippen LogP contribution in [0.3, 0.4) is 0 Å². The smallest absolute Gasteiger partial charge is 0.311 e. The highest BCUT2D eigenvalue weighted by Gasteiger charge is 2.34. The fraction of sp³-hybridized carbons (Fsp3) is 0.400. The molecule has 0 aliphatic carbocycles. The molecule has 0 bridgehead atoms. The van der Waals surface area contributed by atoms with E-state index in [1.807, 2.05) is 12.1 Å². The highest BCUT2D eigenvalue weighted by atomic mass is 79.9. The van der Waals surface area contributed by atoms with Crippen LogP contribution in [-0.4, -0.2) is 29.2 Å². The molecule has 3 rings (SSSR count). The molecule has 0 aromatic heterocycles. The van der Waals surface area contributed by atoms with E-state index in [0.717, 1.165) is 55.8 Å². The van der Waals surface area contributed by atoms with Crippen molar-refractivity contribution >= 4 is 33.7 Å². The van der Waals surface area contributed by atoms with Gasteiger partial charge >= 0.3 is 5.97 Å². The highest BCUT2D eigenvalue weighted by Crippen LogP contribution is 2.23. The number of esters is 1. The van der Waals surface area contributed by atoms with Gasteiger partial charge in [-0.1, -0.05) is 66.6 Å². The van der Waals surface area contributed by atoms with Crippen molar-refractivity contribution in [1.29, 1.82) is 0 Å². The number of nitrogens with zero attached hydrogens (tertiary/aromatic N) is 1. The van der Waals surface area contributed by atoms with Gasteiger partial charge < -0.3 is 4.74 Å². The van der Waals surface area contributed by atoms with Crippen molar-refractivity contribution in [1.82, 2.24) is 4.90 Å². The van der Waals surface area contributed by atoms with Crippen LogP contribution < -0.4 is 4.74 Å². The summed E-state index contributed by atoms with van der Waals surface area (Å²) in [5.41, 5.74) is 1.04. The number of halogens is 1. The summed E-state index contributed by atoms with van der Waals surface area (Å²) in [5, 5.41) is 0. The molecule has 31 heavy (non-hydrogen) atoms. The number of unbranched alkanes of at least 4 members (excludes halogenated alkanes) is 7. The highest BCUT2D eigenvalue weighted by molar-refractivity contribution is 9.10. The standard InChI is InChI=1S/C25H28BrNO4/c26-19-14-16-20(17-15-19)31-23(28)13-7-5-3-1-2-4-6-10-18-27-24(29)21-11-8-9-12-22(21)25(27)30/h8-9,11-12,14-17H,1-7,10,13,18H2. The number of amides is 2. The monoisotopic (exact) mass is 485 g/mol. The summed E-state index contributed by atoms with van der Waals surface area (Å²) in [7, 11) is 0. The van der Waals surface area contributed by atoms with Gasteiger partial charge in [0, 0.05) is 17.4 Å². The van der Waals surface area contributed by atoms with Crippen molar-refractivity contribution < 1.29 is 19.1 Å². The second-order valence-electron chi connectivity index (χ2n) is 7.81. The van der Waals surface area contributed by atoms with Gasteiger partial charge in [0.25, 0.3) is 11.8 Å². The van der Waals surface area contributed by atoms with Crippen molar-refractivity contribution in [3.63, 3.8) is 0 Å². The van der Waals surface area contributed by atoms with Crippen molar-refractivity contribution in [2.75, 3.05) is 6.54 Å². The van der Waals surface area contributed by atoms with Crippen molar-refractivity contribution in [3.8, 4) is 5.75 Å². The van der Waals surface area contributed by atoms with Crippen LogP contribution in [0.1, 0.15) is 78.5 Å². The summed E-state index contributed by atoms with van der Waals surface area (Å²) in [6.07, 6.45) is 8.61. The van der Waals surface area contributed by atoms with Gasteiger partial charge in [-0.05, 0) is 49.2 Å². The second kappa shape index (κ2) is 11.8. The van der Waals surface area contributed by atoms with Crippen LogP contribution in [0.25, 0.3) is 0 Å². The lowest BCUT2D eigenvalue weighted by atomic mass is 10.1. The first-order valence-corrected chi connectivity index (χ1v) is 11.8. The van der Waals surface area contributed by atoms with E-state index in [-0.39, 0.29) is 17.8 Å². The number of carbonyl (C=O) groups excluding carboxylic acids is 3. The zero-order chi connectivity index (χ0) is 22.1. The summed E-state index contributed by atoms with van der Waals surface area (Å²) in [5.74, 6) is 0.0587. The normalized spacial score (nSPS) is 12.9. The summed E-state index contributed by atoms with van der Waals surface area (Å²) in [6.45, 7) is 0.493. The molecule has 0 N–H and O–H groups in total. The molecule has 0 spiro atoms. The third-order valence-electron chi connectivity index (χ3n) is 5.44. The molecule has 2 aromatic rings. The van der Waals surface area contributed by atoms with Crippen LogP contribution >= 0.6 is 15.9 Å². The van der Waals surface area contributed by atoms with Crippen LogP contribution in [0.4, 0.5) is 0 Å². The van der Waals surface area contributed by atoms with Crippen LogP contribution in [0.15, 0.2) is 53.0 Å². The number of benzene rings is 2. The Labute approximate surface area is 191 Å². The maximum Gasteiger partial charge on any atom is 0.311 e. The Morgan fingerprint density at radius 3 is 1.84 bits per heavy atom. The molecule has 2 aromatic carbocycles. The molecule has 0 saturated heterocycles. The molecule has 2 amide bonds. The Kier molecular flexibility index (Phi) is 8.83. The molecule has 1 aliphatic heterocycles. The summed E-state index contributed by atoms with van der Waals surface area (Å²) in [4.78, 5) is 37.8. The Hall–Kier alpha value is -2.47. The third kappa shape index (κ3) is 6.76. The topological polar surface area (TPSA) is 63.7 Å². The minimum Gasteiger partial charge on any atom is -0.427 e. The van der Waals surface area contributed by atoms with E-state index in [2.05, 4.69) is 15.9 Å². The van der Waals surface area contributed by atoms with Crippen LogP contribution in [-0.2, 0) is 4.79 Å². The zero-order valence-electron chi connectivity index (χ0n) is 17.6. The second-order valence-corrected chi connectivity index (χ2v) is 8.73. The first kappa shape index (κ1) is 23.2. The van der Waals surface area contributed by atoms with Crippen LogP contribution in [0, 0.1) is 0 Å². The molecule has 0 radical (unpaired) electrons. The fourth-order valence-corrected chi connectivity index (χ4v) is 3.99. The molecule has 1 heterocycles. The van der Waals surface area contributed by atoms with Crippen molar-refractivity contribution in [2.24, 2.45) is 0 Å². The average molecular weight is 486 g/mol. The molecule has 0 saturated carbocycles. The minimum absolute atomic E-state index is 0.167. The van der Waals surface area contributed by atoms with Gasteiger partial charge in [-0.3, -0.25) is 19.3 Å². The minimum atomic E-state index is -0.185. The summed E-state index contributed by atoms with van der Waals surface area (Å²) >= 11 is 3.35. The van der Waals surface area contributed by atoms with E-state index in [0.29, 0.717) is 29.8 Å². The molecule has 164 valence electrons. The third-order valence-corrected chi connectivity index (χ3v) is 5.96. The number of ether oxygens (including phenoxy) is 1. The molecule has 6 heteroatoms. The summed E-state index contributed by atoms with van der Waals surface area (Å²) in [6, 6.07) is 14.3. The van der Waals surface area contributed by atoms with E-state index >= 15 is 0 Å². The van der Waals surface area contributed by atoms with Gasteiger partial charge in [-0.15, -0.1) is 0 Å². The Morgan fingerprint density at radius 1 is 0.742 bits per heavy atom. The Balaban J connectivity index is 1.18. The number of carbonyl (C=O) groups is 3. The van der Waals surface area contributed by atoms with Gasteiger partial charge in [-0.25, -0.2) is 0 Å². The molecular formula is C25H28BrNO4. The van der Waals surface area contributed by atoms with E-state index in [1.54, 1.807) is 36.4 Å². The Morgan fingerprint density at radius 2 is 1.26 bits per heavy atom. The Bertz CT molecular complexity index is 875. The quantitative estimate of drug-likeness (QED) is 0.156. The zero-order valence-corrected chi connectivity index (χ0v) is 19.2. The predicted molar refractivity (Wildman–Crippen MR) is 123 cm³/mol. The van der Waals surface area contributed by atoms with Crippen molar-refractivity contribution in [3.05, 3.63) is 64.1 Å². The van der Waals surface area contributed by atoms with Crippen LogP contribution in [0.5, 0.6) is 5.75 Å². The lowest BCUT2D eigenvalue weighted by Gasteiger charge is -2.13. The molecule has 0 fully saturated rings. The van der Waals surface area contributed by atoms with E-state index in [9.17, 15) is 14.4 Å². The molecule has 5 nitrogen and oxygen atoms in total. The van der Waals surface area contributed by atoms with E-state index < -0.39 is 0 Å². The van der Waals surface area contributed by atoms with Gasteiger partial charge in [0.2, 0.25) is 0 Å². The fourth-order valence-electron chi connectivity index (χ4n) is 3.73. The maximum atomic E-state index is 12.3. The number of fused-ring (bicyclic) bond motifs is 1. The number of hydrogen-bond acceptors (Lipinski definition) is 4. The number of rotatable bonds is 12. The number of hydrogen-bond donors (Lipinski definition) is 0. The van der Waals surface area contributed by atoms with Gasteiger partial charge in [-0.2, -0.15) is 0 Å². The van der Waals surface area contributed by atoms with Gasteiger partial charge in [0.05, 0.1) is 11.1 Å². The van der Waals surface area contributed by atoms with Crippen LogP contribution in [0.2, 0.25) is 0 Å². The average Bonchev–Trinajstić information content (AvgIpc) is 3.01. The van der Waals surface area contributed by atoms with E-state index in [1.165, 1.54) is 4.90 Å². The van der Waals surface area contributed by atoms with Gasteiger partial charge in [0.1, 0.15) is 5.75 Å². The largest absolute Gasteiger partial charge is 0.427 e. The molecule has 1 aliphatic rings. The first-order valence-electron chi connectivity index (χ1n) is 11.0. The summed E-state index contributed by atoms with van der Waals surface area (Å²) < 4.78 is 6.26. The SMILES string of the molecule is O=C(CCCCCCCCCCN1C(=O)c2ccccc2C1=O)Oc1ccc(Br)cc1. The first-order chi connectivity index (χ1) is 15.1. The number of imide groups is 1. The molecule has 0 unspecified atom stereocenters. The molecule has 0 atom stereocenters. The van der Waals surface area contributed by atoms with Crippen molar-refractivity contribution in [2.45, 2.75) is 57.8 Å². The van der Waals surface area contributed by atoms with E-state index in [4.69, 9.17) is 4.74 Å². The molecular weight excluding hydrogens is 458 g/mol. The van der Waals surface area contributed by atoms with Gasteiger partial charge in [0.15, 0.2) is 0 Å². The predicted octanol–water partition coefficient (Wildman–Crippen LogP) is 6.16. The maximum absolute atomic E-state index is 12.3.